The fourth-order valence-electron chi connectivity index (χ4n) is 3.20. The summed E-state index contributed by atoms with van der Waals surface area (Å²) in [6, 6.07) is 13.0. The molecule has 2 heteroatoms. The van der Waals surface area contributed by atoms with E-state index in [0.29, 0.717) is 6.04 Å². The molecule has 1 saturated carbocycles. The van der Waals surface area contributed by atoms with Gasteiger partial charge in [0.1, 0.15) is 0 Å². The highest BCUT2D eigenvalue weighted by Gasteiger charge is 2.43. The quantitative estimate of drug-likeness (QED) is 0.661. The molecule has 1 aliphatic carbocycles. The molecular formula is C17H24N2+2. The van der Waals surface area contributed by atoms with Crippen LogP contribution in [0.25, 0.3) is 0 Å². The topological polar surface area (TPSA) is 6.02 Å². The summed E-state index contributed by atoms with van der Waals surface area (Å²) in [5.41, 5.74) is 2.73. The van der Waals surface area contributed by atoms with Gasteiger partial charge in [-0.05, 0) is 12.8 Å². The molecule has 2 nitrogen and oxygen atoms in total. The summed E-state index contributed by atoms with van der Waals surface area (Å²) in [5.74, 6) is 0. The van der Waals surface area contributed by atoms with E-state index in [-0.39, 0.29) is 5.54 Å². The Bertz CT molecular complexity index is 551. The van der Waals surface area contributed by atoms with Crippen molar-refractivity contribution >= 4 is 17.4 Å². The average Bonchev–Trinajstić information content (AvgIpc) is 2.79. The molecule has 100 valence electrons. The van der Waals surface area contributed by atoms with Crippen LogP contribution in [0.3, 0.4) is 0 Å². The zero-order valence-electron chi connectivity index (χ0n) is 12.3. The second-order valence-corrected chi connectivity index (χ2v) is 6.76. The predicted octanol–water partition coefficient (Wildman–Crippen LogP) is 4.29. The molecule has 0 bridgehead atoms. The summed E-state index contributed by atoms with van der Waals surface area (Å²) in [5, 5.41) is 0. The zero-order chi connectivity index (χ0) is 13.5. The number of hydrogen-bond acceptors (Lipinski definition) is 0. The fraction of sp³-hybridized carbons (Fsp3) is 0.588. The van der Waals surface area contributed by atoms with Gasteiger partial charge in [0.15, 0.2) is 11.6 Å². The second kappa shape index (κ2) is 4.61. The normalized spacial score (nSPS) is 19.9. The maximum atomic E-state index is 3.63. The summed E-state index contributed by atoms with van der Waals surface area (Å²) in [4.78, 5) is 0. The Morgan fingerprint density at radius 1 is 1.00 bits per heavy atom. The fourth-order valence-corrected chi connectivity index (χ4v) is 3.20. The van der Waals surface area contributed by atoms with Gasteiger partial charge in [-0.15, -0.1) is 0 Å². The number of rotatable bonds is 1. The van der Waals surface area contributed by atoms with Crippen LogP contribution in [0.1, 0.15) is 52.9 Å². The maximum absolute atomic E-state index is 3.63. The van der Waals surface area contributed by atoms with Crippen LogP contribution in [0.2, 0.25) is 0 Å². The van der Waals surface area contributed by atoms with Crippen molar-refractivity contribution < 1.29 is 9.15 Å². The molecule has 0 unspecified atom stereocenters. The molecular weight excluding hydrogens is 232 g/mol. The number of benzene rings is 1. The van der Waals surface area contributed by atoms with Crippen molar-refractivity contribution in [2.24, 2.45) is 0 Å². The van der Waals surface area contributed by atoms with E-state index in [4.69, 9.17) is 0 Å². The van der Waals surface area contributed by atoms with Crippen LogP contribution in [-0.2, 0) is 0 Å². The van der Waals surface area contributed by atoms with E-state index < -0.39 is 0 Å². The SMILES string of the molecule is CC(C)(C)[N+]1=C=[N+](C2CCCCC2)c2ccccc21. The number of para-hydroxylation sites is 2. The summed E-state index contributed by atoms with van der Waals surface area (Å²) >= 11 is 0. The molecule has 19 heavy (non-hydrogen) atoms. The lowest BCUT2D eigenvalue weighted by molar-refractivity contribution is -0.533. The molecule has 0 radical (unpaired) electrons. The third-order valence-electron chi connectivity index (χ3n) is 4.20. The van der Waals surface area contributed by atoms with E-state index in [2.05, 4.69) is 60.2 Å². The highest BCUT2D eigenvalue weighted by atomic mass is 15.2. The van der Waals surface area contributed by atoms with Gasteiger partial charge in [0.2, 0.25) is 0 Å². The van der Waals surface area contributed by atoms with Crippen molar-refractivity contribution in [1.29, 1.82) is 0 Å². The second-order valence-electron chi connectivity index (χ2n) is 6.76. The first-order valence-electron chi connectivity index (χ1n) is 7.52. The molecule has 0 atom stereocenters. The molecule has 0 saturated heterocycles. The Morgan fingerprint density at radius 3 is 2.26 bits per heavy atom. The van der Waals surface area contributed by atoms with Gasteiger partial charge in [0, 0.05) is 45.7 Å². The van der Waals surface area contributed by atoms with Gasteiger partial charge in [-0.1, -0.05) is 27.7 Å². The predicted molar refractivity (Wildman–Crippen MR) is 77.9 cm³/mol. The van der Waals surface area contributed by atoms with Crippen LogP contribution in [0, 0.1) is 0 Å². The molecule has 3 rings (SSSR count). The van der Waals surface area contributed by atoms with Crippen molar-refractivity contribution in [3.05, 3.63) is 24.3 Å². The van der Waals surface area contributed by atoms with Gasteiger partial charge in [0.25, 0.3) is 11.4 Å². The summed E-state index contributed by atoms with van der Waals surface area (Å²) in [7, 11) is 0. The van der Waals surface area contributed by atoms with Crippen molar-refractivity contribution in [1.82, 2.24) is 0 Å². The van der Waals surface area contributed by atoms with E-state index >= 15 is 0 Å². The van der Waals surface area contributed by atoms with Crippen LogP contribution < -0.4 is 0 Å². The molecule has 1 heterocycles. The van der Waals surface area contributed by atoms with Crippen molar-refractivity contribution in [3.8, 4) is 0 Å². The first-order chi connectivity index (χ1) is 9.07. The van der Waals surface area contributed by atoms with Crippen LogP contribution in [0.4, 0.5) is 11.4 Å². The Balaban J connectivity index is 2.08. The molecule has 1 fully saturated rings. The molecule has 1 aromatic rings. The molecule has 0 N–H and O–H groups in total. The van der Waals surface area contributed by atoms with E-state index in [1.54, 1.807) is 0 Å². The molecule has 1 aromatic carbocycles. The standard InChI is InChI=1S/C17H24N2/c1-17(2,3)19-13-18(14-9-5-4-6-10-14)15-11-7-8-12-16(15)19/h7-8,11-12,14H,4-6,9-10H2,1-3H3/q+2. The summed E-state index contributed by atoms with van der Waals surface area (Å²) in [6.45, 7) is 6.75. The summed E-state index contributed by atoms with van der Waals surface area (Å²) in [6.07, 6.45) is 6.73. The van der Waals surface area contributed by atoms with Crippen molar-refractivity contribution in [2.45, 2.75) is 64.5 Å². The smallest absolute Gasteiger partial charge is 0.0844 e. The van der Waals surface area contributed by atoms with Crippen LogP contribution in [0.5, 0.6) is 0 Å². The third-order valence-corrected chi connectivity index (χ3v) is 4.20. The lowest BCUT2D eigenvalue weighted by atomic mass is 9.95. The minimum atomic E-state index is 0.0829. The highest BCUT2D eigenvalue weighted by molar-refractivity contribution is 5.59. The van der Waals surface area contributed by atoms with Gasteiger partial charge in [-0.3, -0.25) is 0 Å². The molecule has 0 spiro atoms. The van der Waals surface area contributed by atoms with Crippen LogP contribution in [0.15, 0.2) is 24.3 Å². The van der Waals surface area contributed by atoms with Crippen molar-refractivity contribution in [2.75, 3.05) is 0 Å². The number of nitrogens with zero attached hydrogens (tertiary/aromatic N) is 2. The first-order valence-corrected chi connectivity index (χ1v) is 7.52. The molecule has 2 aliphatic rings. The van der Waals surface area contributed by atoms with Gasteiger partial charge < -0.3 is 0 Å². The molecule has 1 aliphatic heterocycles. The number of fused-ring (bicyclic) bond motifs is 1. The van der Waals surface area contributed by atoms with Crippen LogP contribution >= 0.6 is 0 Å². The first kappa shape index (κ1) is 12.6. The monoisotopic (exact) mass is 256 g/mol. The van der Waals surface area contributed by atoms with E-state index in [9.17, 15) is 0 Å². The largest absolute Gasteiger partial charge is 0.490 e. The Labute approximate surface area is 116 Å². The van der Waals surface area contributed by atoms with Gasteiger partial charge in [-0.2, -0.15) is 0 Å². The molecule has 0 aromatic heterocycles. The van der Waals surface area contributed by atoms with Crippen LogP contribution in [-0.4, -0.2) is 26.7 Å². The third kappa shape index (κ3) is 2.26. The minimum Gasteiger partial charge on any atom is -0.0844 e. The Hall–Kier alpha value is -1.40. The Kier molecular flexibility index (Phi) is 3.06. The molecule has 0 amide bonds. The van der Waals surface area contributed by atoms with E-state index in [1.807, 2.05) is 0 Å². The minimum absolute atomic E-state index is 0.0829. The lowest BCUT2D eigenvalue weighted by Gasteiger charge is -2.15. The van der Waals surface area contributed by atoms with Gasteiger partial charge >= 0.3 is 6.01 Å². The lowest BCUT2D eigenvalue weighted by Crippen LogP contribution is -2.28. The Morgan fingerprint density at radius 2 is 1.63 bits per heavy atom. The van der Waals surface area contributed by atoms with Crippen molar-refractivity contribution in [3.63, 3.8) is 0 Å². The van der Waals surface area contributed by atoms with Gasteiger partial charge in [-0.25, -0.2) is 0 Å². The highest BCUT2D eigenvalue weighted by Crippen LogP contribution is 2.36. The average molecular weight is 256 g/mol. The van der Waals surface area contributed by atoms with E-state index in [0.717, 1.165) is 0 Å². The maximum Gasteiger partial charge on any atom is 0.490 e. The van der Waals surface area contributed by atoms with E-state index in [1.165, 1.54) is 43.5 Å². The zero-order valence-corrected chi connectivity index (χ0v) is 12.3. The summed E-state index contributed by atoms with van der Waals surface area (Å²) < 4.78 is 4.71. The van der Waals surface area contributed by atoms with Gasteiger partial charge in [0.05, 0.1) is 0 Å². The number of hydrogen-bond donors (Lipinski definition) is 0.